The number of phenolic OH excluding ortho intramolecular Hbond substituents is 1. The number of nitrogens with one attached hydrogen (secondary N) is 2. The van der Waals surface area contributed by atoms with Crippen LogP contribution < -0.4 is 10.6 Å². The van der Waals surface area contributed by atoms with Gasteiger partial charge in [-0.3, -0.25) is 9.59 Å². The summed E-state index contributed by atoms with van der Waals surface area (Å²) in [6, 6.07) is 14.0. The Morgan fingerprint density at radius 3 is 2.24 bits per heavy atom. The van der Waals surface area contributed by atoms with Crippen LogP contribution in [0.1, 0.15) is 43.1 Å². The maximum absolute atomic E-state index is 12.1. The van der Waals surface area contributed by atoms with E-state index in [0.29, 0.717) is 11.3 Å². The minimum atomic E-state index is -0.273. The summed E-state index contributed by atoms with van der Waals surface area (Å²) in [4.78, 5) is 24.0. The molecule has 0 saturated heterocycles. The smallest absolute Gasteiger partial charge is 0.251 e. The molecule has 2 rings (SSSR count). The standard InChI is InChI=1S/C20H24N2O3/c1-20(2,3)15-10-8-14(9-11-15)19(25)21-13-12-18(24)22-16-6-4-5-7-17(16)23/h4-11,23H,12-13H2,1-3H3,(H,21,25)(H,22,24). The highest BCUT2D eigenvalue weighted by molar-refractivity contribution is 5.95. The van der Waals surface area contributed by atoms with Crippen molar-refractivity contribution >= 4 is 17.5 Å². The molecule has 0 aliphatic rings. The zero-order valence-corrected chi connectivity index (χ0v) is 14.8. The van der Waals surface area contributed by atoms with Gasteiger partial charge in [0.2, 0.25) is 5.91 Å². The Kier molecular flexibility index (Phi) is 5.80. The van der Waals surface area contributed by atoms with Gasteiger partial charge in [0.25, 0.3) is 5.91 Å². The van der Waals surface area contributed by atoms with Crippen molar-refractivity contribution in [3.8, 4) is 5.75 Å². The fourth-order valence-corrected chi connectivity index (χ4v) is 2.31. The second kappa shape index (κ2) is 7.83. The summed E-state index contributed by atoms with van der Waals surface area (Å²) in [5.74, 6) is -0.473. The molecule has 0 spiro atoms. The van der Waals surface area contributed by atoms with Crippen molar-refractivity contribution in [3.05, 3.63) is 59.7 Å². The Balaban J connectivity index is 1.82. The zero-order valence-electron chi connectivity index (χ0n) is 14.8. The number of anilines is 1. The largest absolute Gasteiger partial charge is 0.506 e. The number of amides is 2. The fourth-order valence-electron chi connectivity index (χ4n) is 2.31. The van der Waals surface area contributed by atoms with Crippen molar-refractivity contribution < 1.29 is 14.7 Å². The van der Waals surface area contributed by atoms with Gasteiger partial charge in [0.05, 0.1) is 5.69 Å². The van der Waals surface area contributed by atoms with Gasteiger partial charge in [-0.15, -0.1) is 0 Å². The van der Waals surface area contributed by atoms with Gasteiger partial charge < -0.3 is 15.7 Å². The number of phenols is 1. The molecule has 5 heteroatoms. The molecule has 0 bridgehead atoms. The van der Waals surface area contributed by atoms with Gasteiger partial charge in [-0.2, -0.15) is 0 Å². The number of carbonyl (C=O) groups is 2. The summed E-state index contributed by atoms with van der Waals surface area (Å²) in [7, 11) is 0. The summed E-state index contributed by atoms with van der Waals surface area (Å²) in [6.45, 7) is 6.57. The molecule has 0 fully saturated rings. The third-order valence-corrected chi connectivity index (χ3v) is 3.83. The first-order valence-corrected chi connectivity index (χ1v) is 8.24. The first-order chi connectivity index (χ1) is 11.8. The molecule has 25 heavy (non-hydrogen) atoms. The third kappa shape index (κ3) is 5.35. The van der Waals surface area contributed by atoms with Crippen molar-refractivity contribution in [2.75, 3.05) is 11.9 Å². The van der Waals surface area contributed by atoms with Gasteiger partial charge in [-0.05, 0) is 35.2 Å². The van der Waals surface area contributed by atoms with Gasteiger partial charge in [0, 0.05) is 18.5 Å². The van der Waals surface area contributed by atoms with E-state index in [9.17, 15) is 14.7 Å². The van der Waals surface area contributed by atoms with E-state index >= 15 is 0 Å². The Hall–Kier alpha value is -2.82. The van der Waals surface area contributed by atoms with E-state index in [1.807, 2.05) is 12.1 Å². The summed E-state index contributed by atoms with van der Waals surface area (Å²) >= 11 is 0. The van der Waals surface area contributed by atoms with Crippen LogP contribution in [0.3, 0.4) is 0 Å². The van der Waals surface area contributed by atoms with Crippen LogP contribution in [-0.2, 0) is 10.2 Å². The molecule has 132 valence electrons. The molecule has 0 radical (unpaired) electrons. The predicted molar refractivity (Wildman–Crippen MR) is 98.8 cm³/mol. The highest BCUT2D eigenvalue weighted by atomic mass is 16.3. The molecule has 3 N–H and O–H groups in total. The molecular formula is C20H24N2O3. The van der Waals surface area contributed by atoms with Crippen LogP contribution >= 0.6 is 0 Å². The van der Waals surface area contributed by atoms with E-state index < -0.39 is 0 Å². The molecule has 0 atom stereocenters. The Morgan fingerprint density at radius 2 is 1.64 bits per heavy atom. The predicted octanol–water partition coefficient (Wildman–Crippen LogP) is 3.45. The summed E-state index contributed by atoms with van der Waals surface area (Å²) in [5, 5.41) is 15.0. The molecule has 2 amide bonds. The molecule has 0 heterocycles. The van der Waals surface area contributed by atoms with Crippen molar-refractivity contribution in [3.63, 3.8) is 0 Å². The Morgan fingerprint density at radius 1 is 1.00 bits per heavy atom. The van der Waals surface area contributed by atoms with Gasteiger partial charge in [-0.1, -0.05) is 45.0 Å². The molecule has 0 saturated carbocycles. The zero-order chi connectivity index (χ0) is 18.4. The molecule has 2 aromatic rings. The molecule has 0 aliphatic carbocycles. The van der Waals surface area contributed by atoms with Gasteiger partial charge >= 0.3 is 0 Å². The first-order valence-electron chi connectivity index (χ1n) is 8.24. The van der Waals surface area contributed by atoms with Crippen LogP contribution in [0.5, 0.6) is 5.75 Å². The normalized spacial score (nSPS) is 11.0. The lowest BCUT2D eigenvalue weighted by Gasteiger charge is -2.19. The monoisotopic (exact) mass is 340 g/mol. The van der Waals surface area contributed by atoms with Crippen molar-refractivity contribution in [2.24, 2.45) is 0 Å². The molecule has 5 nitrogen and oxygen atoms in total. The molecular weight excluding hydrogens is 316 g/mol. The number of para-hydroxylation sites is 2. The lowest BCUT2D eigenvalue weighted by atomic mass is 9.87. The van der Waals surface area contributed by atoms with Crippen LogP contribution in [0.15, 0.2) is 48.5 Å². The SMILES string of the molecule is CC(C)(C)c1ccc(C(=O)NCCC(=O)Nc2ccccc2O)cc1. The quantitative estimate of drug-likeness (QED) is 0.730. The lowest BCUT2D eigenvalue weighted by molar-refractivity contribution is -0.116. The summed E-state index contributed by atoms with van der Waals surface area (Å²) in [6.07, 6.45) is 0.125. The highest BCUT2D eigenvalue weighted by Crippen LogP contribution is 2.22. The van der Waals surface area contributed by atoms with Crippen molar-refractivity contribution in [1.82, 2.24) is 5.32 Å². The Bertz CT molecular complexity index is 746. The average Bonchev–Trinajstić information content (AvgIpc) is 2.56. The maximum Gasteiger partial charge on any atom is 0.251 e. The van der Waals surface area contributed by atoms with E-state index in [0.717, 1.165) is 5.56 Å². The van der Waals surface area contributed by atoms with Crippen LogP contribution in [0, 0.1) is 0 Å². The number of hydrogen-bond acceptors (Lipinski definition) is 3. The van der Waals surface area contributed by atoms with Gasteiger partial charge in [0.1, 0.15) is 5.75 Å². The summed E-state index contributed by atoms with van der Waals surface area (Å²) in [5.41, 5.74) is 2.12. The lowest BCUT2D eigenvalue weighted by Crippen LogP contribution is -2.27. The highest BCUT2D eigenvalue weighted by Gasteiger charge is 2.14. The second-order valence-electron chi connectivity index (χ2n) is 6.90. The number of hydrogen-bond donors (Lipinski definition) is 3. The average molecular weight is 340 g/mol. The Labute approximate surface area is 148 Å². The van der Waals surface area contributed by atoms with Gasteiger partial charge in [-0.25, -0.2) is 0 Å². The third-order valence-electron chi connectivity index (χ3n) is 3.83. The van der Waals surface area contributed by atoms with E-state index in [2.05, 4.69) is 31.4 Å². The first kappa shape index (κ1) is 18.5. The van der Waals surface area contributed by atoms with E-state index in [1.54, 1.807) is 30.3 Å². The van der Waals surface area contributed by atoms with E-state index in [-0.39, 0.29) is 35.9 Å². The minimum absolute atomic E-state index is 0.0128. The molecule has 0 aliphatic heterocycles. The minimum Gasteiger partial charge on any atom is -0.506 e. The van der Waals surface area contributed by atoms with Crippen molar-refractivity contribution in [1.29, 1.82) is 0 Å². The number of benzene rings is 2. The topological polar surface area (TPSA) is 78.4 Å². The summed E-state index contributed by atoms with van der Waals surface area (Å²) < 4.78 is 0. The molecule has 2 aromatic carbocycles. The van der Waals surface area contributed by atoms with E-state index in [4.69, 9.17) is 0 Å². The number of rotatable bonds is 5. The number of carbonyl (C=O) groups excluding carboxylic acids is 2. The van der Waals surface area contributed by atoms with Crippen LogP contribution in [0.4, 0.5) is 5.69 Å². The van der Waals surface area contributed by atoms with Crippen molar-refractivity contribution in [2.45, 2.75) is 32.6 Å². The van der Waals surface area contributed by atoms with E-state index in [1.165, 1.54) is 6.07 Å². The maximum atomic E-state index is 12.1. The second-order valence-corrected chi connectivity index (χ2v) is 6.90. The molecule has 0 unspecified atom stereocenters. The fraction of sp³-hybridized carbons (Fsp3) is 0.300. The van der Waals surface area contributed by atoms with Crippen LogP contribution in [-0.4, -0.2) is 23.5 Å². The van der Waals surface area contributed by atoms with Crippen LogP contribution in [0.25, 0.3) is 0 Å². The molecule has 0 aromatic heterocycles. The van der Waals surface area contributed by atoms with Crippen LogP contribution in [0.2, 0.25) is 0 Å². The van der Waals surface area contributed by atoms with Gasteiger partial charge in [0.15, 0.2) is 0 Å². The number of aromatic hydroxyl groups is 1.